The zero-order valence-electron chi connectivity index (χ0n) is 17.9. The second-order valence-corrected chi connectivity index (χ2v) is 9.15. The zero-order valence-corrected chi connectivity index (χ0v) is 17.9. The van der Waals surface area contributed by atoms with E-state index in [1.165, 1.54) is 19.3 Å². The van der Waals surface area contributed by atoms with Crippen molar-refractivity contribution in [2.45, 2.75) is 57.0 Å². The first-order valence-corrected chi connectivity index (χ1v) is 11.3. The summed E-state index contributed by atoms with van der Waals surface area (Å²) in [5.41, 5.74) is -0.641. The highest BCUT2D eigenvalue weighted by atomic mass is 16.6. The molecule has 0 aromatic heterocycles. The second kappa shape index (κ2) is 7.73. The maximum atomic E-state index is 13.3. The predicted octanol–water partition coefficient (Wildman–Crippen LogP) is 2.41. The average molecular weight is 428 g/mol. The molecule has 8 heteroatoms. The zero-order chi connectivity index (χ0) is 21.6. The maximum Gasteiger partial charge on any atom is 0.325 e. The molecule has 2 saturated heterocycles. The number of rotatable bonds is 3. The van der Waals surface area contributed by atoms with Crippen LogP contribution in [0.15, 0.2) is 18.2 Å². The smallest absolute Gasteiger partial charge is 0.325 e. The standard InChI is InChI=1S/C23H29N3O5/c1-23(16-8-9-18-19(13-16)31-12-11-30-18)21(28)26(22(29)24-23)14-20(27)25-10-4-6-15-5-2-3-7-17(15)25/h8-9,13,15,17H,2-7,10-12,14H2,1H3,(H,24,29)/t15-,17+,23+/m1/s1. The maximum absolute atomic E-state index is 13.3. The Morgan fingerprint density at radius 3 is 2.68 bits per heavy atom. The quantitative estimate of drug-likeness (QED) is 0.749. The molecule has 5 rings (SSSR count). The topological polar surface area (TPSA) is 88.2 Å². The average Bonchev–Trinajstić information content (AvgIpc) is 3.02. The van der Waals surface area contributed by atoms with Gasteiger partial charge in [0, 0.05) is 12.6 Å². The fourth-order valence-electron chi connectivity index (χ4n) is 5.55. The first kappa shape index (κ1) is 20.2. The summed E-state index contributed by atoms with van der Waals surface area (Å²) in [6, 6.07) is 4.95. The summed E-state index contributed by atoms with van der Waals surface area (Å²) in [5, 5.41) is 2.79. The number of nitrogens with one attached hydrogen (secondary N) is 1. The van der Waals surface area contributed by atoms with Crippen LogP contribution >= 0.6 is 0 Å². The number of carbonyl (C=O) groups excluding carboxylic acids is 3. The SMILES string of the molecule is C[C@@]1(c2ccc3c(c2)OCCO3)NC(=O)N(CC(=O)N2CCC[C@H]3CCCC[C@@H]32)C1=O. The van der Waals surface area contributed by atoms with E-state index in [4.69, 9.17) is 9.47 Å². The molecule has 3 atom stereocenters. The Morgan fingerprint density at radius 2 is 1.84 bits per heavy atom. The van der Waals surface area contributed by atoms with Gasteiger partial charge in [-0.25, -0.2) is 4.79 Å². The van der Waals surface area contributed by atoms with E-state index in [-0.39, 0.29) is 18.5 Å². The van der Waals surface area contributed by atoms with E-state index in [1.54, 1.807) is 25.1 Å². The van der Waals surface area contributed by atoms with Crippen molar-refractivity contribution in [3.8, 4) is 11.5 Å². The van der Waals surface area contributed by atoms with Gasteiger partial charge in [0.2, 0.25) is 5.91 Å². The fraction of sp³-hybridized carbons (Fsp3) is 0.609. The van der Waals surface area contributed by atoms with Crippen LogP contribution in [-0.4, -0.2) is 60.0 Å². The number of imide groups is 1. The van der Waals surface area contributed by atoms with Crippen LogP contribution in [0.4, 0.5) is 4.79 Å². The van der Waals surface area contributed by atoms with Gasteiger partial charge in [-0.05, 0) is 56.2 Å². The number of fused-ring (bicyclic) bond motifs is 2. The molecule has 31 heavy (non-hydrogen) atoms. The molecule has 3 fully saturated rings. The highest BCUT2D eigenvalue weighted by molar-refractivity contribution is 6.09. The molecular weight excluding hydrogens is 398 g/mol. The summed E-state index contributed by atoms with van der Waals surface area (Å²) in [6.45, 7) is 3.08. The molecule has 3 heterocycles. The van der Waals surface area contributed by atoms with Crippen LogP contribution in [0.1, 0.15) is 51.0 Å². The van der Waals surface area contributed by atoms with Crippen molar-refractivity contribution in [3.05, 3.63) is 23.8 Å². The molecule has 8 nitrogen and oxygen atoms in total. The third kappa shape index (κ3) is 3.42. The van der Waals surface area contributed by atoms with Gasteiger partial charge in [0.05, 0.1) is 0 Å². The van der Waals surface area contributed by atoms with Crippen molar-refractivity contribution >= 4 is 17.8 Å². The van der Waals surface area contributed by atoms with E-state index in [9.17, 15) is 14.4 Å². The summed E-state index contributed by atoms with van der Waals surface area (Å²) in [6.07, 6.45) is 6.70. The van der Waals surface area contributed by atoms with Gasteiger partial charge in [-0.2, -0.15) is 0 Å². The molecule has 0 unspecified atom stereocenters. The molecule has 1 aromatic carbocycles. The van der Waals surface area contributed by atoms with Crippen LogP contribution in [0.2, 0.25) is 0 Å². The highest BCUT2D eigenvalue weighted by Crippen LogP contribution is 2.38. The van der Waals surface area contributed by atoms with Crippen molar-refractivity contribution < 1.29 is 23.9 Å². The Hall–Kier alpha value is -2.77. The predicted molar refractivity (Wildman–Crippen MR) is 112 cm³/mol. The third-order valence-corrected chi connectivity index (χ3v) is 7.25. The van der Waals surface area contributed by atoms with E-state index in [1.807, 2.05) is 4.90 Å². The van der Waals surface area contributed by atoms with Gasteiger partial charge in [-0.15, -0.1) is 0 Å². The molecule has 0 radical (unpaired) electrons. The molecule has 1 saturated carbocycles. The van der Waals surface area contributed by atoms with Crippen LogP contribution in [0, 0.1) is 5.92 Å². The highest BCUT2D eigenvalue weighted by Gasteiger charge is 2.50. The molecular formula is C23H29N3O5. The molecule has 3 aliphatic heterocycles. The van der Waals surface area contributed by atoms with Crippen molar-refractivity contribution in [3.63, 3.8) is 0 Å². The minimum atomic E-state index is -1.25. The number of piperidine rings is 1. The van der Waals surface area contributed by atoms with Crippen LogP contribution in [0.5, 0.6) is 11.5 Å². The van der Waals surface area contributed by atoms with E-state index in [2.05, 4.69) is 5.32 Å². The lowest BCUT2D eigenvalue weighted by molar-refractivity contribution is -0.142. The lowest BCUT2D eigenvalue weighted by atomic mass is 9.78. The monoisotopic (exact) mass is 427 g/mol. The molecule has 1 aliphatic carbocycles. The van der Waals surface area contributed by atoms with Gasteiger partial charge in [-0.3, -0.25) is 14.5 Å². The summed E-state index contributed by atoms with van der Waals surface area (Å²) < 4.78 is 11.2. The van der Waals surface area contributed by atoms with Gasteiger partial charge in [0.25, 0.3) is 5.91 Å². The Kier molecular flexibility index (Phi) is 5.02. The molecule has 1 aromatic rings. The molecule has 4 aliphatic rings. The normalized spacial score (nSPS) is 30.1. The van der Waals surface area contributed by atoms with E-state index < -0.39 is 17.5 Å². The van der Waals surface area contributed by atoms with Crippen molar-refractivity contribution in [2.24, 2.45) is 5.92 Å². The largest absolute Gasteiger partial charge is 0.486 e. The number of carbonyl (C=O) groups is 3. The Bertz CT molecular complexity index is 916. The first-order valence-electron chi connectivity index (χ1n) is 11.3. The first-order chi connectivity index (χ1) is 15.0. The Labute approximate surface area is 181 Å². The van der Waals surface area contributed by atoms with Gasteiger partial charge < -0.3 is 19.7 Å². The number of hydrogen-bond donors (Lipinski definition) is 1. The van der Waals surface area contributed by atoms with E-state index in [0.717, 1.165) is 24.2 Å². The van der Waals surface area contributed by atoms with Gasteiger partial charge in [0.15, 0.2) is 11.5 Å². The lowest BCUT2D eigenvalue weighted by Crippen LogP contribution is -2.53. The minimum Gasteiger partial charge on any atom is -0.486 e. The number of benzene rings is 1. The Balaban J connectivity index is 1.33. The minimum absolute atomic E-state index is 0.133. The second-order valence-electron chi connectivity index (χ2n) is 9.15. The lowest BCUT2D eigenvalue weighted by Gasteiger charge is -2.44. The van der Waals surface area contributed by atoms with Crippen molar-refractivity contribution in [1.82, 2.24) is 15.1 Å². The van der Waals surface area contributed by atoms with Crippen LogP contribution in [-0.2, 0) is 15.1 Å². The number of nitrogens with zero attached hydrogens (tertiary/aromatic N) is 2. The van der Waals surface area contributed by atoms with Gasteiger partial charge in [-0.1, -0.05) is 18.9 Å². The van der Waals surface area contributed by atoms with Crippen LogP contribution in [0.3, 0.4) is 0 Å². The fourth-order valence-corrected chi connectivity index (χ4v) is 5.55. The summed E-state index contributed by atoms with van der Waals surface area (Å²) in [4.78, 5) is 42.2. The number of hydrogen-bond acceptors (Lipinski definition) is 5. The summed E-state index contributed by atoms with van der Waals surface area (Å²) >= 11 is 0. The van der Waals surface area contributed by atoms with Gasteiger partial charge in [0.1, 0.15) is 25.3 Å². The Morgan fingerprint density at radius 1 is 1.10 bits per heavy atom. The summed E-state index contributed by atoms with van der Waals surface area (Å²) in [5.74, 6) is 1.18. The van der Waals surface area contributed by atoms with Gasteiger partial charge >= 0.3 is 6.03 Å². The molecule has 0 spiro atoms. The number of ether oxygens (including phenoxy) is 2. The van der Waals surface area contributed by atoms with Crippen molar-refractivity contribution in [1.29, 1.82) is 0 Å². The molecule has 0 bridgehead atoms. The molecule has 4 amide bonds. The summed E-state index contributed by atoms with van der Waals surface area (Å²) in [7, 11) is 0. The van der Waals surface area contributed by atoms with E-state index in [0.29, 0.717) is 42.7 Å². The number of amides is 4. The molecule has 1 N–H and O–H groups in total. The third-order valence-electron chi connectivity index (χ3n) is 7.25. The molecule has 166 valence electrons. The van der Waals surface area contributed by atoms with Crippen LogP contribution in [0.25, 0.3) is 0 Å². The number of urea groups is 1. The van der Waals surface area contributed by atoms with Crippen molar-refractivity contribution in [2.75, 3.05) is 26.3 Å². The van der Waals surface area contributed by atoms with Crippen LogP contribution < -0.4 is 14.8 Å². The van der Waals surface area contributed by atoms with E-state index >= 15 is 0 Å². The number of likely N-dealkylation sites (tertiary alicyclic amines) is 1.